The van der Waals surface area contributed by atoms with Crippen LogP contribution in [0.1, 0.15) is 12.8 Å². The molecule has 1 fully saturated rings. The third kappa shape index (κ3) is 2.88. The summed E-state index contributed by atoms with van der Waals surface area (Å²) in [6.45, 7) is 0.245. The van der Waals surface area contributed by atoms with Crippen LogP contribution in [0.2, 0.25) is 0 Å². The first-order valence-electron chi connectivity index (χ1n) is 7.03. The Balaban J connectivity index is 1.73. The number of nitrogens with zero attached hydrogens (tertiary/aromatic N) is 1. The van der Waals surface area contributed by atoms with Gasteiger partial charge in [0.1, 0.15) is 12.3 Å². The molecule has 0 saturated carbocycles. The standard InChI is InChI=1S/C15H15NO6/c17-13-6-8-20-11-4-2-1-3-10(11)16(13)9-14(18)22-12-5-7-21-15(12)19/h1-4,12H,5-9H2/t12-/m1/s1. The van der Waals surface area contributed by atoms with Gasteiger partial charge in [0.15, 0.2) is 0 Å². The lowest BCUT2D eigenvalue weighted by Crippen LogP contribution is -2.37. The molecule has 2 aliphatic heterocycles. The first-order chi connectivity index (χ1) is 10.6. The second-order valence-electron chi connectivity index (χ2n) is 4.98. The molecule has 0 spiro atoms. The van der Waals surface area contributed by atoms with Crippen molar-refractivity contribution < 1.29 is 28.6 Å². The van der Waals surface area contributed by atoms with Crippen LogP contribution in [0.5, 0.6) is 5.75 Å². The zero-order valence-corrected chi connectivity index (χ0v) is 11.8. The van der Waals surface area contributed by atoms with E-state index in [9.17, 15) is 14.4 Å². The number of benzene rings is 1. The minimum Gasteiger partial charge on any atom is -0.491 e. The number of para-hydroxylation sites is 2. The monoisotopic (exact) mass is 305 g/mol. The number of cyclic esters (lactones) is 1. The van der Waals surface area contributed by atoms with Crippen molar-refractivity contribution in [3.63, 3.8) is 0 Å². The molecule has 1 aromatic rings. The van der Waals surface area contributed by atoms with Crippen molar-refractivity contribution in [2.45, 2.75) is 18.9 Å². The molecule has 0 unspecified atom stereocenters. The second kappa shape index (κ2) is 6.05. The Hall–Kier alpha value is -2.57. The van der Waals surface area contributed by atoms with E-state index in [1.165, 1.54) is 4.90 Å². The number of carbonyl (C=O) groups is 3. The summed E-state index contributed by atoms with van der Waals surface area (Å²) in [6, 6.07) is 6.99. The Morgan fingerprint density at radius 3 is 2.82 bits per heavy atom. The number of ether oxygens (including phenoxy) is 3. The molecule has 0 aromatic heterocycles. The molecule has 1 aromatic carbocycles. The van der Waals surface area contributed by atoms with Gasteiger partial charge < -0.3 is 14.2 Å². The molecule has 0 N–H and O–H groups in total. The third-order valence-corrected chi connectivity index (χ3v) is 3.48. The van der Waals surface area contributed by atoms with E-state index in [0.717, 1.165) is 0 Å². The predicted octanol–water partition coefficient (Wildman–Crippen LogP) is 0.661. The van der Waals surface area contributed by atoms with Crippen molar-refractivity contribution in [2.75, 3.05) is 24.7 Å². The summed E-state index contributed by atoms with van der Waals surface area (Å²) >= 11 is 0. The van der Waals surface area contributed by atoms with Crippen LogP contribution in [-0.4, -0.2) is 43.7 Å². The molecule has 0 radical (unpaired) electrons. The van der Waals surface area contributed by atoms with Crippen molar-refractivity contribution in [3.05, 3.63) is 24.3 Å². The maximum absolute atomic E-state index is 12.2. The molecule has 2 heterocycles. The number of amides is 1. The number of rotatable bonds is 3. The van der Waals surface area contributed by atoms with Gasteiger partial charge in [-0.15, -0.1) is 0 Å². The lowest BCUT2D eigenvalue weighted by atomic mass is 10.2. The highest BCUT2D eigenvalue weighted by Gasteiger charge is 2.32. The summed E-state index contributed by atoms with van der Waals surface area (Å²) < 4.78 is 15.3. The fourth-order valence-corrected chi connectivity index (χ4v) is 2.40. The lowest BCUT2D eigenvalue weighted by molar-refractivity contribution is -0.159. The van der Waals surface area contributed by atoms with Gasteiger partial charge in [0.05, 0.1) is 25.3 Å². The van der Waals surface area contributed by atoms with Gasteiger partial charge in [-0.2, -0.15) is 0 Å². The number of carbonyl (C=O) groups excluding carboxylic acids is 3. The van der Waals surface area contributed by atoms with Crippen LogP contribution in [0.4, 0.5) is 5.69 Å². The highest BCUT2D eigenvalue weighted by atomic mass is 16.6. The van der Waals surface area contributed by atoms with Crippen molar-refractivity contribution >= 4 is 23.5 Å². The maximum atomic E-state index is 12.2. The van der Waals surface area contributed by atoms with Crippen LogP contribution >= 0.6 is 0 Å². The Labute approximate surface area is 126 Å². The van der Waals surface area contributed by atoms with E-state index in [1.807, 2.05) is 0 Å². The molecule has 116 valence electrons. The fraction of sp³-hybridized carbons (Fsp3) is 0.400. The summed E-state index contributed by atoms with van der Waals surface area (Å²) in [4.78, 5) is 36.8. The second-order valence-corrected chi connectivity index (χ2v) is 4.98. The number of anilines is 1. The Morgan fingerprint density at radius 2 is 2.05 bits per heavy atom. The number of hydrogen-bond donors (Lipinski definition) is 0. The average Bonchev–Trinajstić information content (AvgIpc) is 2.83. The lowest BCUT2D eigenvalue weighted by Gasteiger charge is -2.21. The van der Waals surface area contributed by atoms with Gasteiger partial charge in [-0.05, 0) is 12.1 Å². The van der Waals surface area contributed by atoms with Gasteiger partial charge in [0, 0.05) is 6.42 Å². The highest BCUT2D eigenvalue weighted by Crippen LogP contribution is 2.30. The van der Waals surface area contributed by atoms with E-state index in [1.54, 1.807) is 24.3 Å². The molecule has 1 amide bonds. The number of esters is 2. The average molecular weight is 305 g/mol. The largest absolute Gasteiger partial charge is 0.491 e. The molecule has 1 atom stereocenters. The van der Waals surface area contributed by atoms with Crippen LogP contribution in [0.15, 0.2) is 24.3 Å². The normalized spacial score (nSPS) is 20.7. The topological polar surface area (TPSA) is 82.1 Å². The number of hydrogen-bond acceptors (Lipinski definition) is 6. The number of fused-ring (bicyclic) bond motifs is 1. The smallest absolute Gasteiger partial charge is 0.347 e. The molecule has 0 bridgehead atoms. The van der Waals surface area contributed by atoms with Gasteiger partial charge in [-0.25, -0.2) is 4.79 Å². The first-order valence-corrected chi connectivity index (χ1v) is 7.03. The molecule has 22 heavy (non-hydrogen) atoms. The van der Waals surface area contributed by atoms with Gasteiger partial charge in [0.25, 0.3) is 0 Å². The summed E-state index contributed by atoms with van der Waals surface area (Å²) in [7, 11) is 0. The van der Waals surface area contributed by atoms with Crippen LogP contribution in [0, 0.1) is 0 Å². The minimum absolute atomic E-state index is 0.174. The molecule has 1 saturated heterocycles. The molecular weight excluding hydrogens is 290 g/mol. The summed E-state index contributed by atoms with van der Waals surface area (Å²) in [5, 5.41) is 0. The van der Waals surface area contributed by atoms with E-state index in [2.05, 4.69) is 0 Å². The molecule has 3 rings (SSSR count). The van der Waals surface area contributed by atoms with Crippen molar-refractivity contribution in [1.82, 2.24) is 0 Å². The molecule has 7 nitrogen and oxygen atoms in total. The van der Waals surface area contributed by atoms with Crippen molar-refractivity contribution in [2.24, 2.45) is 0 Å². The molecule has 0 aliphatic carbocycles. The first kappa shape index (κ1) is 14.4. The van der Waals surface area contributed by atoms with Gasteiger partial charge >= 0.3 is 11.9 Å². The van der Waals surface area contributed by atoms with E-state index in [-0.39, 0.29) is 32.1 Å². The quantitative estimate of drug-likeness (QED) is 0.763. The zero-order valence-electron chi connectivity index (χ0n) is 11.8. The summed E-state index contributed by atoms with van der Waals surface area (Å²) in [6.07, 6.45) is -0.355. The highest BCUT2D eigenvalue weighted by molar-refractivity contribution is 5.99. The summed E-state index contributed by atoms with van der Waals surface area (Å²) in [5.41, 5.74) is 0.524. The van der Waals surface area contributed by atoms with Gasteiger partial charge in [-0.1, -0.05) is 12.1 Å². The van der Waals surface area contributed by atoms with E-state index >= 15 is 0 Å². The predicted molar refractivity (Wildman–Crippen MR) is 74.4 cm³/mol. The van der Waals surface area contributed by atoms with E-state index in [4.69, 9.17) is 14.2 Å². The summed E-state index contributed by atoms with van der Waals surface area (Å²) in [5.74, 6) is -0.870. The molecule has 2 aliphatic rings. The Morgan fingerprint density at radius 1 is 1.23 bits per heavy atom. The third-order valence-electron chi connectivity index (χ3n) is 3.48. The van der Waals surface area contributed by atoms with Gasteiger partial charge in [0.2, 0.25) is 12.0 Å². The van der Waals surface area contributed by atoms with Crippen LogP contribution in [-0.2, 0) is 23.9 Å². The van der Waals surface area contributed by atoms with Crippen molar-refractivity contribution in [1.29, 1.82) is 0 Å². The van der Waals surface area contributed by atoms with Gasteiger partial charge in [-0.3, -0.25) is 14.5 Å². The fourth-order valence-electron chi connectivity index (χ4n) is 2.40. The Bertz CT molecular complexity index is 614. The van der Waals surface area contributed by atoms with E-state index in [0.29, 0.717) is 17.9 Å². The van der Waals surface area contributed by atoms with Crippen LogP contribution in [0.25, 0.3) is 0 Å². The zero-order chi connectivity index (χ0) is 15.5. The minimum atomic E-state index is -0.874. The Kier molecular flexibility index (Phi) is 3.95. The molecular formula is C15H15NO6. The van der Waals surface area contributed by atoms with Crippen LogP contribution < -0.4 is 9.64 Å². The molecule has 7 heteroatoms. The van der Waals surface area contributed by atoms with Crippen LogP contribution in [0.3, 0.4) is 0 Å². The SMILES string of the molecule is O=C(CN1C(=O)CCOc2ccccc21)O[C@@H]1CCOC1=O. The maximum Gasteiger partial charge on any atom is 0.347 e. The van der Waals surface area contributed by atoms with E-state index < -0.39 is 18.0 Å². The van der Waals surface area contributed by atoms with Crippen molar-refractivity contribution in [3.8, 4) is 5.75 Å².